The minimum atomic E-state index is -0.735. The van der Waals surface area contributed by atoms with E-state index in [9.17, 15) is 4.79 Å². The lowest BCUT2D eigenvalue weighted by Gasteiger charge is -2.21. The summed E-state index contributed by atoms with van der Waals surface area (Å²) in [5, 5.41) is 13.2. The molecule has 0 aliphatic heterocycles. The van der Waals surface area contributed by atoms with Gasteiger partial charge in [-0.1, -0.05) is 0 Å². The average Bonchev–Trinajstić information content (AvgIpc) is 3.08. The van der Waals surface area contributed by atoms with Gasteiger partial charge < -0.3 is 5.11 Å². The number of aryl methyl sites for hydroxylation is 2. The van der Waals surface area contributed by atoms with E-state index in [0.29, 0.717) is 12.6 Å². The lowest BCUT2D eigenvalue weighted by molar-refractivity contribution is -0.137. The van der Waals surface area contributed by atoms with E-state index >= 15 is 0 Å². The van der Waals surface area contributed by atoms with Crippen LogP contribution in [-0.2, 0) is 18.4 Å². The summed E-state index contributed by atoms with van der Waals surface area (Å²) in [5.74, 6) is -0.735. The van der Waals surface area contributed by atoms with Crippen LogP contribution in [0.1, 0.15) is 30.7 Å². The summed E-state index contributed by atoms with van der Waals surface area (Å²) < 4.78 is 2.90. The molecule has 1 heterocycles. The van der Waals surface area contributed by atoms with Crippen LogP contribution in [0.4, 0.5) is 0 Å². The predicted octanol–water partition coefficient (Wildman–Crippen LogP) is 1.93. The van der Waals surface area contributed by atoms with Gasteiger partial charge in [-0.15, -0.1) is 0 Å². The maximum Gasteiger partial charge on any atom is 0.304 e. The van der Waals surface area contributed by atoms with E-state index in [-0.39, 0.29) is 6.42 Å². The minimum Gasteiger partial charge on any atom is -0.481 e. The Morgan fingerprint density at radius 1 is 1.61 bits per heavy atom. The van der Waals surface area contributed by atoms with Crippen molar-refractivity contribution in [2.24, 2.45) is 7.05 Å². The molecule has 6 heteroatoms. The third kappa shape index (κ3) is 3.11. The maximum absolute atomic E-state index is 10.7. The monoisotopic (exact) mass is 315 g/mol. The molecule has 0 radical (unpaired) electrons. The molecule has 0 aromatic carbocycles. The van der Waals surface area contributed by atoms with Crippen molar-refractivity contribution in [3.8, 4) is 0 Å². The number of carbonyl (C=O) groups is 1. The van der Waals surface area contributed by atoms with E-state index in [0.717, 1.165) is 22.4 Å². The molecular formula is C12H18BrN3O2. The van der Waals surface area contributed by atoms with Crippen LogP contribution in [0.15, 0.2) is 4.47 Å². The quantitative estimate of drug-likeness (QED) is 0.871. The molecule has 5 nitrogen and oxygen atoms in total. The molecule has 18 heavy (non-hydrogen) atoms. The maximum atomic E-state index is 10.7. The Morgan fingerprint density at radius 3 is 2.72 bits per heavy atom. The fourth-order valence-electron chi connectivity index (χ4n) is 2.11. The zero-order valence-corrected chi connectivity index (χ0v) is 12.3. The molecule has 0 bridgehead atoms. The third-order valence-corrected chi connectivity index (χ3v) is 4.32. The number of hydrogen-bond acceptors (Lipinski definition) is 3. The van der Waals surface area contributed by atoms with E-state index in [1.807, 2.05) is 18.7 Å². The summed E-state index contributed by atoms with van der Waals surface area (Å²) in [7, 11) is 1.93. The second-order valence-corrected chi connectivity index (χ2v) is 5.61. The third-order valence-electron chi connectivity index (χ3n) is 3.29. The van der Waals surface area contributed by atoms with Crippen molar-refractivity contribution in [2.75, 3.05) is 6.54 Å². The van der Waals surface area contributed by atoms with Gasteiger partial charge in [0.1, 0.15) is 0 Å². The number of halogens is 1. The van der Waals surface area contributed by atoms with Crippen molar-refractivity contribution in [3.63, 3.8) is 0 Å². The zero-order chi connectivity index (χ0) is 13.3. The lowest BCUT2D eigenvalue weighted by atomic mass is 10.3. The first-order valence-corrected chi connectivity index (χ1v) is 6.92. The summed E-state index contributed by atoms with van der Waals surface area (Å²) >= 11 is 3.55. The van der Waals surface area contributed by atoms with Gasteiger partial charge in [-0.25, -0.2) is 0 Å². The second-order valence-electron chi connectivity index (χ2n) is 4.82. The number of carboxylic acids is 1. The number of carboxylic acid groups (broad SMARTS) is 1. The van der Waals surface area contributed by atoms with Crippen LogP contribution in [0.5, 0.6) is 0 Å². The summed E-state index contributed by atoms with van der Waals surface area (Å²) in [6.45, 7) is 3.33. The molecule has 0 saturated heterocycles. The van der Waals surface area contributed by atoms with Gasteiger partial charge in [0.2, 0.25) is 0 Å². The molecule has 1 aliphatic carbocycles. The summed E-state index contributed by atoms with van der Waals surface area (Å²) in [6.07, 6.45) is 2.55. The topological polar surface area (TPSA) is 58.4 Å². The molecule has 0 amide bonds. The molecule has 0 atom stereocenters. The number of rotatable bonds is 6. The molecule has 1 aliphatic rings. The highest BCUT2D eigenvalue weighted by Crippen LogP contribution is 2.30. The molecule has 1 N–H and O–H groups in total. The van der Waals surface area contributed by atoms with Gasteiger partial charge in [0.05, 0.1) is 22.3 Å². The minimum absolute atomic E-state index is 0.199. The molecule has 0 unspecified atom stereocenters. The highest BCUT2D eigenvalue weighted by molar-refractivity contribution is 9.10. The van der Waals surface area contributed by atoms with Crippen LogP contribution >= 0.6 is 15.9 Å². The van der Waals surface area contributed by atoms with Crippen LogP contribution in [-0.4, -0.2) is 38.3 Å². The highest BCUT2D eigenvalue weighted by atomic mass is 79.9. The second kappa shape index (κ2) is 5.40. The van der Waals surface area contributed by atoms with Crippen LogP contribution in [0.25, 0.3) is 0 Å². The van der Waals surface area contributed by atoms with Crippen LogP contribution in [0.3, 0.4) is 0 Å². The normalized spacial score (nSPS) is 15.3. The van der Waals surface area contributed by atoms with E-state index in [2.05, 4.69) is 25.9 Å². The average molecular weight is 316 g/mol. The predicted molar refractivity (Wildman–Crippen MR) is 71.3 cm³/mol. The van der Waals surface area contributed by atoms with E-state index in [1.165, 1.54) is 12.8 Å². The van der Waals surface area contributed by atoms with Gasteiger partial charge in [-0.3, -0.25) is 14.4 Å². The Kier molecular flexibility index (Phi) is 4.07. The first kappa shape index (κ1) is 13.5. The van der Waals surface area contributed by atoms with E-state index in [4.69, 9.17) is 5.11 Å². The van der Waals surface area contributed by atoms with Crippen LogP contribution in [0, 0.1) is 6.92 Å². The van der Waals surface area contributed by atoms with Crippen molar-refractivity contribution in [3.05, 3.63) is 15.9 Å². The Bertz CT molecular complexity index is 454. The molecule has 1 aromatic rings. The van der Waals surface area contributed by atoms with Crippen molar-refractivity contribution in [1.29, 1.82) is 0 Å². The largest absolute Gasteiger partial charge is 0.481 e. The Morgan fingerprint density at radius 2 is 2.28 bits per heavy atom. The smallest absolute Gasteiger partial charge is 0.304 e. The Labute approximate surface area is 115 Å². The molecule has 100 valence electrons. The number of aromatic nitrogens is 2. The fourth-order valence-corrected chi connectivity index (χ4v) is 2.58. The number of hydrogen-bond donors (Lipinski definition) is 1. The summed E-state index contributed by atoms with van der Waals surface area (Å²) in [4.78, 5) is 12.9. The summed E-state index contributed by atoms with van der Waals surface area (Å²) in [6, 6.07) is 0.548. The van der Waals surface area contributed by atoms with E-state index in [1.54, 1.807) is 0 Å². The highest BCUT2D eigenvalue weighted by Gasteiger charge is 2.30. The Hall–Kier alpha value is -0.880. The number of aliphatic carboxylic acids is 1. The first-order valence-electron chi connectivity index (χ1n) is 6.13. The molecule has 1 aromatic heterocycles. The van der Waals surface area contributed by atoms with E-state index < -0.39 is 5.97 Å². The molecule has 0 spiro atoms. The SMILES string of the molecule is Cc1nn(C)c(CN(CCC(=O)O)C2CC2)c1Br. The van der Waals surface area contributed by atoms with Crippen LogP contribution in [0.2, 0.25) is 0 Å². The van der Waals surface area contributed by atoms with Gasteiger partial charge in [0.25, 0.3) is 0 Å². The van der Waals surface area contributed by atoms with Crippen molar-refractivity contribution >= 4 is 21.9 Å². The van der Waals surface area contributed by atoms with Gasteiger partial charge in [0.15, 0.2) is 0 Å². The molecular weight excluding hydrogens is 298 g/mol. The standard InChI is InChI=1S/C12H18BrN3O2/c1-8-12(13)10(15(2)14-8)7-16(9-3-4-9)6-5-11(17)18/h9H,3-7H2,1-2H3,(H,17,18). The molecule has 1 fully saturated rings. The van der Waals surface area contributed by atoms with Gasteiger partial charge in [-0.05, 0) is 35.7 Å². The number of nitrogens with zero attached hydrogens (tertiary/aromatic N) is 3. The molecule has 2 rings (SSSR count). The van der Waals surface area contributed by atoms with Gasteiger partial charge >= 0.3 is 5.97 Å². The zero-order valence-electron chi connectivity index (χ0n) is 10.7. The van der Waals surface area contributed by atoms with Gasteiger partial charge in [0, 0.05) is 26.2 Å². The molecule has 1 saturated carbocycles. The summed E-state index contributed by atoms with van der Waals surface area (Å²) in [5.41, 5.74) is 2.09. The van der Waals surface area contributed by atoms with Gasteiger partial charge in [-0.2, -0.15) is 5.10 Å². The lowest BCUT2D eigenvalue weighted by Crippen LogP contribution is -2.29. The first-order chi connectivity index (χ1) is 8.49. The van der Waals surface area contributed by atoms with Crippen LogP contribution < -0.4 is 0 Å². The van der Waals surface area contributed by atoms with Crippen molar-refractivity contribution < 1.29 is 9.90 Å². The Balaban J connectivity index is 2.06. The fraction of sp³-hybridized carbons (Fsp3) is 0.667. The van der Waals surface area contributed by atoms with Crippen molar-refractivity contribution in [2.45, 2.75) is 38.8 Å². The van der Waals surface area contributed by atoms with Crippen molar-refractivity contribution in [1.82, 2.24) is 14.7 Å².